The number of nitrogens with zero attached hydrogens (tertiary/aromatic N) is 3. The van der Waals surface area contributed by atoms with E-state index in [1.165, 1.54) is 0 Å². The summed E-state index contributed by atoms with van der Waals surface area (Å²) in [5.41, 5.74) is 2.53. The summed E-state index contributed by atoms with van der Waals surface area (Å²) < 4.78 is 0. The first kappa shape index (κ1) is 16.7. The van der Waals surface area contributed by atoms with Crippen molar-refractivity contribution in [1.82, 2.24) is 19.9 Å². The van der Waals surface area contributed by atoms with Crippen molar-refractivity contribution in [3.8, 4) is 0 Å². The van der Waals surface area contributed by atoms with Gasteiger partial charge in [0.15, 0.2) is 0 Å². The van der Waals surface area contributed by atoms with E-state index in [1.807, 2.05) is 31.5 Å². The fraction of sp³-hybridized carbons (Fsp3) is 0.278. The predicted octanol–water partition coefficient (Wildman–Crippen LogP) is 3.23. The molecule has 1 aromatic carbocycles. The predicted molar refractivity (Wildman–Crippen MR) is 98.3 cm³/mol. The molecule has 0 bridgehead atoms. The smallest absolute Gasteiger partial charge is 0.252 e. The molecule has 3 aromatic rings. The zero-order valence-corrected chi connectivity index (χ0v) is 14.8. The van der Waals surface area contributed by atoms with Crippen molar-refractivity contribution in [1.29, 1.82) is 0 Å². The van der Waals surface area contributed by atoms with E-state index in [4.69, 9.17) is 0 Å². The molecule has 0 aliphatic carbocycles. The molecule has 2 heterocycles. The number of hydrogen-bond acceptors (Lipinski definition) is 5. The number of fused-ring (bicyclic) bond motifs is 1. The molecular formula is C18H20N4OS. The quantitative estimate of drug-likeness (QED) is 0.723. The first-order valence-corrected chi connectivity index (χ1v) is 8.97. The molecule has 0 fully saturated rings. The minimum Gasteiger partial charge on any atom is -0.322 e. The fourth-order valence-electron chi connectivity index (χ4n) is 2.65. The minimum atomic E-state index is -0.0394. The van der Waals surface area contributed by atoms with E-state index in [2.05, 4.69) is 38.9 Å². The van der Waals surface area contributed by atoms with Crippen LogP contribution in [0.4, 0.5) is 0 Å². The van der Waals surface area contributed by atoms with E-state index in [1.54, 1.807) is 24.3 Å². The second-order valence-corrected chi connectivity index (χ2v) is 6.68. The van der Waals surface area contributed by atoms with E-state index in [-0.39, 0.29) is 11.6 Å². The largest absolute Gasteiger partial charge is 0.322 e. The van der Waals surface area contributed by atoms with Gasteiger partial charge in [0.05, 0.1) is 5.69 Å². The zero-order valence-electron chi connectivity index (χ0n) is 14.0. The van der Waals surface area contributed by atoms with Gasteiger partial charge in [-0.25, -0.2) is 9.97 Å². The van der Waals surface area contributed by atoms with Gasteiger partial charge in [-0.3, -0.25) is 9.69 Å². The highest BCUT2D eigenvalue weighted by Crippen LogP contribution is 2.22. The van der Waals surface area contributed by atoms with E-state index in [0.29, 0.717) is 6.54 Å². The molecule has 1 N–H and O–H groups in total. The Hall–Kier alpha value is -2.18. The highest BCUT2D eigenvalue weighted by atomic mass is 32.2. The average molecular weight is 340 g/mol. The van der Waals surface area contributed by atoms with Crippen molar-refractivity contribution in [2.45, 2.75) is 24.4 Å². The molecule has 24 heavy (non-hydrogen) atoms. The number of nitrogens with one attached hydrogen (secondary N) is 1. The number of H-pyrrole nitrogens is 1. The van der Waals surface area contributed by atoms with Crippen molar-refractivity contribution in [3.05, 3.63) is 64.5 Å². The first-order chi connectivity index (χ1) is 11.6. The second-order valence-electron chi connectivity index (χ2n) is 5.80. The van der Waals surface area contributed by atoms with Crippen molar-refractivity contribution in [3.63, 3.8) is 0 Å². The van der Waals surface area contributed by atoms with Crippen molar-refractivity contribution in [2.75, 3.05) is 13.3 Å². The summed E-state index contributed by atoms with van der Waals surface area (Å²) >= 11 is 1.66. The summed E-state index contributed by atoms with van der Waals surface area (Å²) in [5, 5.41) is 1.05. The van der Waals surface area contributed by atoms with Crippen LogP contribution in [0, 0.1) is 0 Å². The van der Waals surface area contributed by atoms with Crippen LogP contribution in [-0.4, -0.2) is 33.2 Å². The molecular weight excluding hydrogens is 320 g/mol. The summed E-state index contributed by atoms with van der Waals surface area (Å²) in [6, 6.07) is 10.1. The lowest BCUT2D eigenvalue weighted by Gasteiger charge is -2.23. The van der Waals surface area contributed by atoms with Crippen LogP contribution >= 0.6 is 11.8 Å². The standard InChI is InChI=1S/C18H20N4OS/c1-12(16-6-7-19-11-20-16)22(2)10-14-8-13-4-5-15(24-3)9-17(13)21-18(14)23/h4-9,11-12H,10H2,1-3H3,(H,21,23)/t12-/m1/s1. The van der Waals surface area contributed by atoms with Crippen LogP contribution in [0.5, 0.6) is 0 Å². The molecule has 0 radical (unpaired) electrons. The maximum Gasteiger partial charge on any atom is 0.252 e. The lowest BCUT2D eigenvalue weighted by molar-refractivity contribution is 0.247. The Kier molecular flexibility index (Phi) is 4.97. The normalized spacial score (nSPS) is 12.7. The SMILES string of the molecule is CSc1ccc2cc(CN(C)[C@H](C)c3ccncn3)c(=O)[nH]c2c1. The van der Waals surface area contributed by atoms with E-state index in [0.717, 1.165) is 27.1 Å². The first-order valence-electron chi connectivity index (χ1n) is 7.74. The average Bonchev–Trinajstić information content (AvgIpc) is 2.62. The molecule has 0 saturated heterocycles. The number of hydrogen-bond donors (Lipinski definition) is 1. The Bertz CT molecular complexity index is 894. The molecule has 0 unspecified atom stereocenters. The third-order valence-electron chi connectivity index (χ3n) is 4.24. The van der Waals surface area contributed by atoms with Gasteiger partial charge in [0.1, 0.15) is 6.33 Å². The molecule has 1 atom stereocenters. The van der Waals surface area contributed by atoms with Gasteiger partial charge in [-0.05, 0) is 49.9 Å². The number of aromatic nitrogens is 3. The van der Waals surface area contributed by atoms with Crippen LogP contribution < -0.4 is 5.56 Å². The topological polar surface area (TPSA) is 61.9 Å². The summed E-state index contributed by atoms with van der Waals surface area (Å²) in [4.78, 5) is 26.9. The molecule has 6 heteroatoms. The second kappa shape index (κ2) is 7.15. The maximum atomic E-state index is 12.4. The molecule has 3 rings (SSSR count). The van der Waals surface area contributed by atoms with E-state index in [9.17, 15) is 4.79 Å². The molecule has 0 amide bonds. The zero-order chi connectivity index (χ0) is 17.1. The van der Waals surface area contributed by atoms with Gasteiger partial charge >= 0.3 is 0 Å². The Morgan fingerprint density at radius 2 is 2.12 bits per heavy atom. The molecule has 5 nitrogen and oxygen atoms in total. The highest BCUT2D eigenvalue weighted by molar-refractivity contribution is 7.98. The van der Waals surface area contributed by atoms with Gasteiger partial charge in [0.2, 0.25) is 0 Å². The molecule has 2 aromatic heterocycles. The molecule has 0 saturated carbocycles. The molecule has 124 valence electrons. The van der Waals surface area contributed by atoms with E-state index >= 15 is 0 Å². The monoisotopic (exact) mass is 340 g/mol. The summed E-state index contributed by atoms with van der Waals surface area (Å²) in [6.07, 6.45) is 5.31. The number of thioether (sulfide) groups is 1. The number of benzene rings is 1. The summed E-state index contributed by atoms with van der Waals surface area (Å²) in [6.45, 7) is 2.63. The lowest BCUT2D eigenvalue weighted by Crippen LogP contribution is -2.26. The molecule has 0 aliphatic rings. The Morgan fingerprint density at radius 1 is 1.29 bits per heavy atom. The summed E-state index contributed by atoms with van der Waals surface area (Å²) in [5.74, 6) is 0. The fourth-order valence-corrected chi connectivity index (χ4v) is 3.09. The van der Waals surface area contributed by atoms with Crippen LogP contribution in [0.15, 0.2) is 52.5 Å². The van der Waals surface area contributed by atoms with Gasteiger partial charge in [-0.15, -0.1) is 11.8 Å². The van der Waals surface area contributed by atoms with Crippen LogP contribution in [0.3, 0.4) is 0 Å². The van der Waals surface area contributed by atoms with Gasteiger partial charge in [0, 0.05) is 34.8 Å². The Balaban J connectivity index is 1.87. The minimum absolute atomic E-state index is 0.0394. The van der Waals surface area contributed by atoms with Crippen LogP contribution in [0.2, 0.25) is 0 Å². The van der Waals surface area contributed by atoms with Crippen LogP contribution in [0.25, 0.3) is 10.9 Å². The Morgan fingerprint density at radius 3 is 2.83 bits per heavy atom. The summed E-state index contributed by atoms with van der Waals surface area (Å²) in [7, 11) is 1.99. The van der Waals surface area contributed by atoms with Crippen molar-refractivity contribution < 1.29 is 0 Å². The van der Waals surface area contributed by atoms with Gasteiger partial charge < -0.3 is 4.98 Å². The van der Waals surface area contributed by atoms with E-state index < -0.39 is 0 Å². The van der Waals surface area contributed by atoms with Crippen molar-refractivity contribution in [2.24, 2.45) is 0 Å². The third kappa shape index (κ3) is 3.49. The number of pyridine rings is 1. The Labute approximate surface area is 145 Å². The van der Waals surface area contributed by atoms with Crippen LogP contribution in [0.1, 0.15) is 24.2 Å². The van der Waals surface area contributed by atoms with Crippen molar-refractivity contribution >= 4 is 22.7 Å². The number of rotatable bonds is 5. The molecule has 0 aliphatic heterocycles. The highest BCUT2D eigenvalue weighted by Gasteiger charge is 2.15. The van der Waals surface area contributed by atoms with Gasteiger partial charge in [-0.1, -0.05) is 6.07 Å². The number of aromatic amines is 1. The van der Waals surface area contributed by atoms with Gasteiger partial charge in [-0.2, -0.15) is 0 Å². The van der Waals surface area contributed by atoms with Gasteiger partial charge in [0.25, 0.3) is 5.56 Å². The molecule has 0 spiro atoms. The maximum absolute atomic E-state index is 12.4. The third-order valence-corrected chi connectivity index (χ3v) is 4.97. The van der Waals surface area contributed by atoms with Crippen LogP contribution in [-0.2, 0) is 6.54 Å². The lowest BCUT2D eigenvalue weighted by atomic mass is 10.1.